The third-order valence-corrected chi connectivity index (χ3v) is 5.71. The van der Waals surface area contributed by atoms with Gasteiger partial charge in [0.05, 0.1) is 0 Å². The maximum absolute atomic E-state index is 12.8. The number of hydrogen-bond donors (Lipinski definition) is 1. The molecule has 1 aliphatic heterocycles. The van der Waals surface area contributed by atoms with Gasteiger partial charge in [-0.2, -0.15) is 0 Å². The second kappa shape index (κ2) is 8.45. The molecule has 0 spiro atoms. The first kappa shape index (κ1) is 17.2. The lowest BCUT2D eigenvalue weighted by Gasteiger charge is -2.39. The van der Waals surface area contributed by atoms with Gasteiger partial charge >= 0.3 is 0 Å². The molecule has 4 heteroatoms. The van der Waals surface area contributed by atoms with Crippen LogP contribution in [0.5, 0.6) is 0 Å². The van der Waals surface area contributed by atoms with E-state index in [9.17, 15) is 4.79 Å². The molecular formula is C20H26N2OS. The number of piperidine rings is 1. The van der Waals surface area contributed by atoms with Crippen LogP contribution in [0.25, 0.3) is 0 Å². The second-order valence-corrected chi connectivity index (χ2v) is 7.44. The molecule has 0 radical (unpaired) electrons. The predicted octanol–water partition coefficient (Wildman–Crippen LogP) is 4.10. The Labute approximate surface area is 148 Å². The Morgan fingerprint density at radius 1 is 1.29 bits per heavy atom. The van der Waals surface area contributed by atoms with Gasteiger partial charge in [-0.25, -0.2) is 0 Å². The fourth-order valence-electron chi connectivity index (χ4n) is 3.59. The summed E-state index contributed by atoms with van der Waals surface area (Å²) in [6, 6.07) is 14.7. The number of carbonyl (C=O) groups is 1. The zero-order chi connectivity index (χ0) is 16.8. The molecular weight excluding hydrogens is 316 g/mol. The summed E-state index contributed by atoms with van der Waals surface area (Å²) in [5.41, 5.74) is 1.02. The van der Waals surface area contributed by atoms with Crippen LogP contribution < -0.4 is 10.2 Å². The van der Waals surface area contributed by atoms with Crippen LogP contribution in [0.1, 0.15) is 31.1 Å². The highest BCUT2D eigenvalue weighted by molar-refractivity contribution is 7.09. The Bertz CT molecular complexity index is 620. The summed E-state index contributed by atoms with van der Waals surface area (Å²) in [6.07, 6.45) is 3.85. The van der Waals surface area contributed by atoms with Crippen molar-refractivity contribution in [1.29, 1.82) is 0 Å². The molecule has 2 heterocycles. The number of hydrogen-bond acceptors (Lipinski definition) is 3. The molecule has 1 amide bonds. The first-order chi connectivity index (χ1) is 11.8. The highest BCUT2D eigenvalue weighted by Crippen LogP contribution is 2.29. The van der Waals surface area contributed by atoms with Crippen molar-refractivity contribution < 1.29 is 4.79 Å². The van der Waals surface area contributed by atoms with Gasteiger partial charge in [0.25, 0.3) is 0 Å². The van der Waals surface area contributed by atoms with Gasteiger partial charge in [-0.3, -0.25) is 4.79 Å². The van der Waals surface area contributed by atoms with Crippen LogP contribution in [0.3, 0.4) is 0 Å². The van der Waals surface area contributed by atoms with Crippen molar-refractivity contribution in [1.82, 2.24) is 5.32 Å². The van der Waals surface area contributed by atoms with Crippen LogP contribution in [0.4, 0.5) is 5.69 Å². The molecule has 0 aliphatic carbocycles. The van der Waals surface area contributed by atoms with Crippen molar-refractivity contribution in [2.75, 3.05) is 18.0 Å². The molecule has 0 bridgehead atoms. The molecule has 24 heavy (non-hydrogen) atoms. The van der Waals surface area contributed by atoms with Gasteiger partial charge in [0.2, 0.25) is 5.91 Å². The minimum absolute atomic E-state index is 0.214. The smallest absolute Gasteiger partial charge is 0.226 e. The maximum atomic E-state index is 12.8. The van der Waals surface area contributed by atoms with E-state index in [1.165, 1.54) is 17.7 Å². The molecule has 3 rings (SSSR count). The molecule has 2 atom stereocenters. The van der Waals surface area contributed by atoms with Crippen LogP contribution in [-0.2, 0) is 11.2 Å². The SMILES string of the molecule is CCC(=O)N(c1ccccc1)C(Cc1cccs1)C1CCCNC1. The lowest BCUT2D eigenvalue weighted by Crippen LogP contribution is -2.50. The van der Waals surface area contributed by atoms with Gasteiger partial charge in [0, 0.05) is 29.4 Å². The topological polar surface area (TPSA) is 32.3 Å². The summed E-state index contributed by atoms with van der Waals surface area (Å²) >= 11 is 1.79. The molecule has 1 aromatic carbocycles. The van der Waals surface area contributed by atoms with Crippen LogP contribution >= 0.6 is 11.3 Å². The number of thiophene rings is 1. The molecule has 1 saturated heterocycles. The number of benzene rings is 1. The Morgan fingerprint density at radius 3 is 2.75 bits per heavy atom. The lowest BCUT2D eigenvalue weighted by atomic mass is 9.87. The fraction of sp³-hybridized carbons (Fsp3) is 0.450. The number of amides is 1. The molecule has 0 saturated carbocycles. The maximum Gasteiger partial charge on any atom is 0.226 e. The monoisotopic (exact) mass is 342 g/mol. The van der Waals surface area contributed by atoms with E-state index in [0.717, 1.165) is 25.2 Å². The Morgan fingerprint density at radius 2 is 2.12 bits per heavy atom. The van der Waals surface area contributed by atoms with Crippen molar-refractivity contribution in [2.24, 2.45) is 5.92 Å². The normalized spacial score (nSPS) is 19.0. The van der Waals surface area contributed by atoms with Gasteiger partial charge < -0.3 is 10.2 Å². The van der Waals surface area contributed by atoms with E-state index in [-0.39, 0.29) is 11.9 Å². The average molecular weight is 343 g/mol. The highest BCUT2D eigenvalue weighted by atomic mass is 32.1. The van der Waals surface area contributed by atoms with E-state index in [0.29, 0.717) is 12.3 Å². The minimum atomic E-state index is 0.214. The third-order valence-electron chi connectivity index (χ3n) is 4.81. The lowest BCUT2D eigenvalue weighted by molar-refractivity contribution is -0.119. The van der Waals surface area contributed by atoms with Gasteiger partial charge in [-0.15, -0.1) is 11.3 Å². The van der Waals surface area contributed by atoms with Gasteiger partial charge in [-0.05, 0) is 55.4 Å². The van der Waals surface area contributed by atoms with E-state index in [1.54, 1.807) is 11.3 Å². The standard InChI is InChI=1S/C20H26N2OS/c1-2-20(23)22(17-9-4-3-5-10-17)19(14-18-11-7-13-24-18)16-8-6-12-21-15-16/h3-5,7,9-11,13,16,19,21H,2,6,8,12,14-15H2,1H3. The van der Waals surface area contributed by atoms with Gasteiger partial charge in [0.15, 0.2) is 0 Å². The molecule has 2 aromatic rings. The highest BCUT2D eigenvalue weighted by Gasteiger charge is 2.32. The van der Waals surface area contributed by atoms with Gasteiger partial charge in [0.1, 0.15) is 0 Å². The summed E-state index contributed by atoms with van der Waals surface area (Å²) in [5.74, 6) is 0.713. The molecule has 1 aromatic heterocycles. The zero-order valence-corrected chi connectivity index (χ0v) is 15.1. The van der Waals surface area contributed by atoms with E-state index in [2.05, 4.69) is 39.9 Å². The fourth-order valence-corrected chi connectivity index (χ4v) is 4.35. The van der Waals surface area contributed by atoms with Crippen molar-refractivity contribution in [3.8, 4) is 0 Å². The quantitative estimate of drug-likeness (QED) is 0.857. The first-order valence-electron chi connectivity index (χ1n) is 8.89. The third kappa shape index (κ3) is 4.05. The van der Waals surface area contributed by atoms with Crippen molar-refractivity contribution in [3.63, 3.8) is 0 Å². The largest absolute Gasteiger partial charge is 0.316 e. The van der Waals surface area contributed by atoms with E-state index >= 15 is 0 Å². The van der Waals surface area contributed by atoms with E-state index in [1.807, 2.05) is 25.1 Å². The Kier molecular flexibility index (Phi) is 6.05. The Hall–Kier alpha value is -1.65. The number of anilines is 1. The van der Waals surface area contributed by atoms with Crippen molar-refractivity contribution in [2.45, 2.75) is 38.6 Å². The van der Waals surface area contributed by atoms with E-state index in [4.69, 9.17) is 0 Å². The molecule has 1 N–H and O–H groups in total. The number of para-hydroxylation sites is 1. The number of nitrogens with zero attached hydrogens (tertiary/aromatic N) is 1. The average Bonchev–Trinajstić information content (AvgIpc) is 3.16. The summed E-state index contributed by atoms with van der Waals surface area (Å²) in [6.45, 7) is 4.05. The molecule has 1 fully saturated rings. The zero-order valence-electron chi connectivity index (χ0n) is 14.3. The molecule has 3 nitrogen and oxygen atoms in total. The van der Waals surface area contributed by atoms with Crippen LogP contribution in [0.15, 0.2) is 47.8 Å². The molecule has 128 valence electrons. The Balaban J connectivity index is 1.94. The van der Waals surface area contributed by atoms with Crippen molar-refractivity contribution in [3.05, 3.63) is 52.7 Å². The first-order valence-corrected chi connectivity index (χ1v) is 9.77. The van der Waals surface area contributed by atoms with Crippen LogP contribution in [0.2, 0.25) is 0 Å². The number of nitrogens with one attached hydrogen (secondary N) is 1. The summed E-state index contributed by atoms with van der Waals surface area (Å²) < 4.78 is 0. The predicted molar refractivity (Wildman–Crippen MR) is 102 cm³/mol. The van der Waals surface area contributed by atoms with Gasteiger partial charge in [-0.1, -0.05) is 31.2 Å². The molecule has 1 aliphatic rings. The minimum Gasteiger partial charge on any atom is -0.316 e. The summed E-state index contributed by atoms with van der Waals surface area (Å²) in [7, 11) is 0. The summed E-state index contributed by atoms with van der Waals surface area (Å²) in [4.78, 5) is 16.3. The summed E-state index contributed by atoms with van der Waals surface area (Å²) in [5, 5.41) is 5.65. The van der Waals surface area contributed by atoms with Crippen molar-refractivity contribution >= 4 is 22.9 Å². The van der Waals surface area contributed by atoms with Crippen LogP contribution in [-0.4, -0.2) is 25.0 Å². The van der Waals surface area contributed by atoms with Crippen LogP contribution in [0, 0.1) is 5.92 Å². The molecule has 2 unspecified atom stereocenters. The number of rotatable bonds is 6. The number of carbonyl (C=O) groups excluding carboxylic acids is 1. The van der Waals surface area contributed by atoms with E-state index < -0.39 is 0 Å². The second-order valence-electron chi connectivity index (χ2n) is 6.41.